The van der Waals surface area contributed by atoms with Crippen molar-refractivity contribution in [2.75, 3.05) is 0 Å². The third-order valence-corrected chi connectivity index (χ3v) is 1.21. The van der Waals surface area contributed by atoms with Crippen molar-refractivity contribution in [1.82, 2.24) is 0 Å². The summed E-state index contributed by atoms with van der Waals surface area (Å²) in [7, 11) is 0.118. The Kier molecular flexibility index (Phi) is 3.79. The first-order valence-corrected chi connectivity index (χ1v) is 3.18. The van der Waals surface area contributed by atoms with Gasteiger partial charge in [-0.2, -0.15) is 0 Å². The number of hydrogen-bond donors (Lipinski definition) is 1. The largest absolute Gasteiger partial charge is 0.613 e. The summed E-state index contributed by atoms with van der Waals surface area (Å²) in [4.78, 5) is 0. The van der Waals surface area contributed by atoms with E-state index in [1.54, 1.807) is 0 Å². The van der Waals surface area contributed by atoms with Crippen LogP contribution in [0.15, 0.2) is 0 Å². The molecule has 3 nitrogen and oxygen atoms in total. The SMILES string of the molecule is OB(O[SiH3])O[SiH3]. The van der Waals surface area contributed by atoms with Gasteiger partial charge in [-0.15, -0.1) is 0 Å². The molecule has 0 amide bonds. The minimum absolute atomic E-state index is 0.530. The van der Waals surface area contributed by atoms with Crippen LogP contribution in [0, 0.1) is 0 Å². The Bertz CT molecular complexity index is 28.0. The van der Waals surface area contributed by atoms with Gasteiger partial charge in [0.1, 0.15) is 21.0 Å². The fourth-order valence-electron chi connectivity index (χ4n) is 0.0962. The molecule has 0 fully saturated rings. The van der Waals surface area contributed by atoms with E-state index < -0.39 is 7.32 Å². The lowest BCUT2D eigenvalue weighted by molar-refractivity contribution is 0.322. The van der Waals surface area contributed by atoms with E-state index in [0.717, 1.165) is 0 Å². The second-order valence-electron chi connectivity index (χ2n) is 0.778. The van der Waals surface area contributed by atoms with Gasteiger partial charge in [-0.3, -0.25) is 0 Å². The van der Waals surface area contributed by atoms with Crippen LogP contribution in [0.4, 0.5) is 0 Å². The minimum atomic E-state index is -0.941. The van der Waals surface area contributed by atoms with Crippen molar-refractivity contribution in [2.24, 2.45) is 0 Å². The molecule has 0 aliphatic rings. The van der Waals surface area contributed by atoms with Crippen LogP contribution in [-0.2, 0) is 8.69 Å². The molecule has 0 atom stereocenters. The van der Waals surface area contributed by atoms with E-state index >= 15 is 0 Å². The zero-order valence-corrected chi connectivity index (χ0v) is 7.84. The van der Waals surface area contributed by atoms with E-state index in [4.69, 9.17) is 5.02 Å². The topological polar surface area (TPSA) is 38.7 Å². The summed E-state index contributed by atoms with van der Waals surface area (Å²) in [5, 5.41) is 8.29. The molecule has 0 radical (unpaired) electrons. The van der Waals surface area contributed by atoms with Gasteiger partial charge in [-0.05, 0) is 0 Å². The van der Waals surface area contributed by atoms with Crippen molar-refractivity contribution in [2.45, 2.75) is 0 Å². The third kappa shape index (κ3) is 2.61. The van der Waals surface area contributed by atoms with Gasteiger partial charge in [0.05, 0.1) is 0 Å². The van der Waals surface area contributed by atoms with Crippen LogP contribution in [-0.4, -0.2) is 33.3 Å². The van der Waals surface area contributed by atoms with Crippen molar-refractivity contribution < 1.29 is 13.7 Å². The molecule has 0 saturated heterocycles. The van der Waals surface area contributed by atoms with Gasteiger partial charge in [0, 0.05) is 0 Å². The van der Waals surface area contributed by atoms with Gasteiger partial charge in [0.25, 0.3) is 0 Å². The Balaban J connectivity index is 2.75. The average molecular weight is 122 g/mol. The van der Waals surface area contributed by atoms with Crippen molar-refractivity contribution >= 4 is 28.3 Å². The molecule has 0 spiro atoms. The fraction of sp³-hybridized carbons (Fsp3) is 0. The molecule has 36 valence electrons. The Morgan fingerprint density at radius 3 is 1.67 bits per heavy atom. The molecule has 0 heterocycles. The smallest absolute Gasteiger partial charge is 0.437 e. The van der Waals surface area contributed by atoms with Gasteiger partial charge in [0.15, 0.2) is 0 Å². The lowest BCUT2D eigenvalue weighted by atomic mass is 10.3. The number of hydrogen-bond acceptors (Lipinski definition) is 3. The van der Waals surface area contributed by atoms with Gasteiger partial charge in [0.2, 0.25) is 0 Å². The fourth-order valence-corrected chi connectivity index (χ4v) is 0.866. The molecular weight excluding hydrogens is 115 g/mol. The van der Waals surface area contributed by atoms with Crippen LogP contribution < -0.4 is 0 Å². The number of rotatable bonds is 2. The quantitative estimate of drug-likeness (QED) is 0.387. The van der Waals surface area contributed by atoms with Crippen molar-refractivity contribution in [3.8, 4) is 0 Å². The highest BCUT2D eigenvalue weighted by Gasteiger charge is 2.05. The molecule has 0 aromatic heterocycles. The second kappa shape index (κ2) is 3.56. The van der Waals surface area contributed by atoms with E-state index in [-0.39, 0.29) is 0 Å². The standard InChI is InChI=1S/BH7O3Si2/c2-1(3-5)4-6/h2H,5-6H3. The normalized spacial score (nSPS) is 9.50. The van der Waals surface area contributed by atoms with Crippen LogP contribution >= 0.6 is 0 Å². The summed E-state index contributed by atoms with van der Waals surface area (Å²) in [6.45, 7) is 0. The lowest BCUT2D eigenvalue weighted by Gasteiger charge is -1.95. The maximum Gasteiger partial charge on any atom is 0.613 e. The molecule has 0 saturated carbocycles. The maximum atomic E-state index is 8.29. The van der Waals surface area contributed by atoms with Crippen molar-refractivity contribution in [1.29, 1.82) is 0 Å². The van der Waals surface area contributed by atoms with Gasteiger partial charge >= 0.3 is 7.32 Å². The van der Waals surface area contributed by atoms with Crippen LogP contribution in [0.3, 0.4) is 0 Å². The maximum absolute atomic E-state index is 8.29. The average Bonchev–Trinajstić information content (AvgIpc) is 1.65. The molecule has 0 rings (SSSR count). The van der Waals surface area contributed by atoms with Crippen molar-refractivity contribution in [3.05, 3.63) is 0 Å². The Hall–Kier alpha value is 0.379. The molecule has 0 aromatic carbocycles. The van der Waals surface area contributed by atoms with Gasteiger partial charge in [-0.25, -0.2) is 0 Å². The highest BCUT2D eigenvalue weighted by atomic mass is 28.2. The summed E-state index contributed by atoms with van der Waals surface area (Å²) in [5.41, 5.74) is 0. The van der Waals surface area contributed by atoms with Crippen LogP contribution in [0.2, 0.25) is 0 Å². The summed E-state index contributed by atoms with van der Waals surface area (Å²) in [5.74, 6) is 0. The monoisotopic (exact) mass is 122 g/mol. The van der Waals surface area contributed by atoms with Gasteiger partial charge < -0.3 is 13.7 Å². The summed E-state index contributed by atoms with van der Waals surface area (Å²) < 4.78 is 8.81. The molecule has 0 unspecified atom stereocenters. The highest BCUT2D eigenvalue weighted by molar-refractivity contribution is 6.45. The van der Waals surface area contributed by atoms with E-state index in [9.17, 15) is 0 Å². The first-order chi connectivity index (χ1) is 2.81. The highest BCUT2D eigenvalue weighted by Crippen LogP contribution is 1.69. The Morgan fingerprint density at radius 2 is 1.67 bits per heavy atom. The van der Waals surface area contributed by atoms with Gasteiger partial charge in [-0.1, -0.05) is 0 Å². The second-order valence-corrected chi connectivity index (χ2v) is 1.72. The molecule has 0 aliphatic heterocycles. The zero-order chi connectivity index (χ0) is 4.99. The van der Waals surface area contributed by atoms with Crippen LogP contribution in [0.1, 0.15) is 0 Å². The zero-order valence-electron chi connectivity index (χ0n) is 3.84. The van der Waals surface area contributed by atoms with E-state index in [2.05, 4.69) is 8.69 Å². The lowest BCUT2D eigenvalue weighted by Crippen LogP contribution is -2.19. The molecule has 1 N–H and O–H groups in total. The molecule has 0 aliphatic carbocycles. The molecule has 0 bridgehead atoms. The predicted molar refractivity (Wildman–Crippen MR) is 30.0 cm³/mol. The van der Waals surface area contributed by atoms with Crippen LogP contribution in [0.5, 0.6) is 0 Å². The van der Waals surface area contributed by atoms with Crippen LogP contribution in [0.25, 0.3) is 0 Å². The third-order valence-electron chi connectivity index (χ3n) is 0.403. The summed E-state index contributed by atoms with van der Waals surface area (Å²) in [6, 6.07) is 0. The summed E-state index contributed by atoms with van der Waals surface area (Å²) in [6.07, 6.45) is 0. The Labute approximate surface area is 42.9 Å². The minimum Gasteiger partial charge on any atom is -0.437 e. The molecule has 6 heteroatoms. The van der Waals surface area contributed by atoms with E-state index in [1.165, 1.54) is 0 Å². The molecular formula is H7BO3Si2. The molecule has 6 heavy (non-hydrogen) atoms. The Morgan fingerprint density at radius 1 is 1.33 bits per heavy atom. The first-order valence-electron chi connectivity index (χ1n) is 1.55. The van der Waals surface area contributed by atoms with Crippen molar-refractivity contribution in [3.63, 3.8) is 0 Å². The predicted octanol–water partition coefficient (Wildman–Crippen LogP) is -3.44. The summed E-state index contributed by atoms with van der Waals surface area (Å²) >= 11 is 0. The van der Waals surface area contributed by atoms with E-state index in [1.807, 2.05) is 0 Å². The molecule has 0 aromatic rings. The first kappa shape index (κ1) is 6.38. The van der Waals surface area contributed by atoms with E-state index in [0.29, 0.717) is 21.0 Å².